The second-order valence-electron chi connectivity index (χ2n) is 4.32. The molecule has 1 fully saturated rings. The van der Waals surface area contributed by atoms with Crippen molar-refractivity contribution in [3.05, 3.63) is 28.7 Å². The molecule has 0 unspecified atom stereocenters. The van der Waals surface area contributed by atoms with Crippen molar-refractivity contribution in [2.45, 2.75) is 0 Å². The topological polar surface area (TPSA) is 49.9 Å². The summed E-state index contributed by atoms with van der Waals surface area (Å²) in [4.78, 5) is 26.2. The van der Waals surface area contributed by atoms with Gasteiger partial charge in [0.15, 0.2) is 0 Å². The second kappa shape index (κ2) is 6.06. The number of amides is 2. The van der Waals surface area contributed by atoms with Gasteiger partial charge in [-0.1, -0.05) is 22.0 Å². The minimum absolute atomic E-state index is 0.374. The van der Waals surface area contributed by atoms with E-state index in [1.54, 1.807) is 7.05 Å². The molecule has 1 saturated heterocycles. The Morgan fingerprint density at radius 2 is 2.05 bits per heavy atom. The molecule has 0 N–H and O–H groups in total. The van der Waals surface area contributed by atoms with Crippen LogP contribution in [0, 0.1) is 0 Å². The molecule has 1 aromatic rings. The summed E-state index contributed by atoms with van der Waals surface area (Å²) in [6.07, 6.45) is 0. The Balaban J connectivity index is 1.83. The van der Waals surface area contributed by atoms with Crippen molar-refractivity contribution in [2.75, 3.05) is 33.3 Å². The maximum absolute atomic E-state index is 11.7. The molecule has 1 aliphatic heterocycles. The highest BCUT2D eigenvalue weighted by Gasteiger charge is 2.29. The van der Waals surface area contributed by atoms with Crippen molar-refractivity contribution in [3.8, 4) is 5.75 Å². The van der Waals surface area contributed by atoms with Crippen LogP contribution in [-0.4, -0.2) is 54.9 Å². The van der Waals surface area contributed by atoms with E-state index < -0.39 is 11.8 Å². The maximum Gasteiger partial charge on any atom is 0.312 e. The molecular weight excluding hydrogens is 312 g/mol. The van der Waals surface area contributed by atoms with Crippen LogP contribution in [0.1, 0.15) is 0 Å². The van der Waals surface area contributed by atoms with Gasteiger partial charge in [0.2, 0.25) is 0 Å². The Labute approximate surface area is 120 Å². The molecule has 0 atom stereocenters. The lowest BCUT2D eigenvalue weighted by molar-refractivity contribution is -0.155. The summed E-state index contributed by atoms with van der Waals surface area (Å²) >= 11 is 3.36. The Morgan fingerprint density at radius 1 is 1.26 bits per heavy atom. The Morgan fingerprint density at radius 3 is 2.79 bits per heavy atom. The van der Waals surface area contributed by atoms with Gasteiger partial charge in [0.25, 0.3) is 0 Å². The molecule has 6 heteroatoms. The van der Waals surface area contributed by atoms with Crippen molar-refractivity contribution < 1.29 is 14.3 Å². The fourth-order valence-corrected chi connectivity index (χ4v) is 2.19. The highest BCUT2D eigenvalue weighted by Crippen LogP contribution is 2.17. The van der Waals surface area contributed by atoms with Crippen molar-refractivity contribution in [2.24, 2.45) is 0 Å². The number of carbonyl (C=O) groups excluding carboxylic acids is 2. The minimum atomic E-state index is -0.452. The zero-order valence-electron chi connectivity index (χ0n) is 10.6. The van der Waals surface area contributed by atoms with E-state index in [4.69, 9.17) is 4.74 Å². The van der Waals surface area contributed by atoms with Gasteiger partial charge in [0, 0.05) is 24.6 Å². The molecule has 1 aliphatic rings. The summed E-state index contributed by atoms with van der Waals surface area (Å²) in [5.74, 6) is -0.164. The van der Waals surface area contributed by atoms with Crippen molar-refractivity contribution >= 4 is 27.7 Å². The SMILES string of the molecule is CN1CCN(CCOc2cccc(Br)c2)C(=O)C1=O. The molecular formula is C13H15BrN2O3. The summed E-state index contributed by atoms with van der Waals surface area (Å²) in [7, 11) is 1.63. The number of ether oxygens (including phenoxy) is 1. The van der Waals surface area contributed by atoms with Gasteiger partial charge in [-0.05, 0) is 18.2 Å². The smallest absolute Gasteiger partial charge is 0.312 e. The number of benzene rings is 1. The fourth-order valence-electron chi connectivity index (χ4n) is 1.82. The molecule has 102 valence electrons. The van der Waals surface area contributed by atoms with Crippen LogP contribution >= 0.6 is 15.9 Å². The minimum Gasteiger partial charge on any atom is -0.492 e. The normalized spacial score (nSPS) is 15.9. The highest BCUT2D eigenvalue weighted by atomic mass is 79.9. The Hall–Kier alpha value is -1.56. The van der Waals surface area contributed by atoms with Gasteiger partial charge in [-0.15, -0.1) is 0 Å². The Bertz CT molecular complexity index is 493. The summed E-state index contributed by atoms with van der Waals surface area (Å²) < 4.78 is 6.49. The zero-order chi connectivity index (χ0) is 13.8. The van der Waals surface area contributed by atoms with Crippen LogP contribution in [0.4, 0.5) is 0 Å². The number of hydrogen-bond donors (Lipinski definition) is 0. The second-order valence-corrected chi connectivity index (χ2v) is 5.24. The first-order chi connectivity index (χ1) is 9.08. The number of halogens is 1. The molecule has 1 heterocycles. The summed E-state index contributed by atoms with van der Waals surface area (Å²) in [6.45, 7) is 1.93. The third-order valence-electron chi connectivity index (χ3n) is 2.95. The van der Waals surface area contributed by atoms with Gasteiger partial charge in [0.1, 0.15) is 12.4 Å². The monoisotopic (exact) mass is 326 g/mol. The van der Waals surface area contributed by atoms with Gasteiger partial charge in [-0.2, -0.15) is 0 Å². The first kappa shape index (κ1) is 13.9. The molecule has 0 aromatic heterocycles. The van der Waals surface area contributed by atoms with E-state index in [0.29, 0.717) is 26.2 Å². The van der Waals surface area contributed by atoms with E-state index in [0.717, 1.165) is 10.2 Å². The summed E-state index contributed by atoms with van der Waals surface area (Å²) in [6, 6.07) is 7.50. The molecule has 0 aliphatic carbocycles. The summed E-state index contributed by atoms with van der Waals surface area (Å²) in [5, 5.41) is 0. The molecule has 2 rings (SSSR count). The lowest BCUT2D eigenvalue weighted by Gasteiger charge is -2.31. The van der Waals surface area contributed by atoms with Crippen molar-refractivity contribution in [1.82, 2.24) is 9.80 Å². The number of rotatable bonds is 4. The van der Waals surface area contributed by atoms with Gasteiger partial charge in [-0.3, -0.25) is 9.59 Å². The lowest BCUT2D eigenvalue weighted by atomic mass is 10.3. The fraction of sp³-hybridized carbons (Fsp3) is 0.385. The molecule has 5 nitrogen and oxygen atoms in total. The average molecular weight is 327 g/mol. The largest absolute Gasteiger partial charge is 0.492 e. The molecule has 0 bridgehead atoms. The number of likely N-dealkylation sites (N-methyl/N-ethyl adjacent to an activating group) is 1. The van der Waals surface area contributed by atoms with E-state index in [1.165, 1.54) is 9.80 Å². The molecule has 1 aromatic carbocycles. The van der Waals surface area contributed by atoms with E-state index in [2.05, 4.69) is 15.9 Å². The molecule has 0 radical (unpaired) electrons. The van der Waals surface area contributed by atoms with E-state index >= 15 is 0 Å². The molecule has 0 spiro atoms. The third-order valence-corrected chi connectivity index (χ3v) is 3.44. The number of piperazine rings is 1. The van der Waals surface area contributed by atoms with Crippen LogP contribution in [0.5, 0.6) is 5.75 Å². The average Bonchev–Trinajstić information content (AvgIpc) is 2.39. The molecule has 19 heavy (non-hydrogen) atoms. The van der Waals surface area contributed by atoms with E-state index in [9.17, 15) is 9.59 Å². The third kappa shape index (κ3) is 3.47. The van der Waals surface area contributed by atoms with E-state index in [-0.39, 0.29) is 0 Å². The Kier molecular flexibility index (Phi) is 4.42. The quantitative estimate of drug-likeness (QED) is 0.779. The van der Waals surface area contributed by atoms with Crippen molar-refractivity contribution in [3.63, 3.8) is 0 Å². The van der Waals surface area contributed by atoms with Crippen LogP contribution in [0.25, 0.3) is 0 Å². The number of hydrogen-bond acceptors (Lipinski definition) is 3. The predicted octanol–water partition coefficient (Wildman–Crippen LogP) is 1.13. The first-order valence-electron chi connectivity index (χ1n) is 6.00. The molecule has 2 amide bonds. The van der Waals surface area contributed by atoms with Crippen LogP contribution < -0.4 is 4.74 Å². The van der Waals surface area contributed by atoms with Crippen LogP contribution in [0.3, 0.4) is 0 Å². The standard InChI is InChI=1S/C13H15BrN2O3/c1-15-5-6-16(13(18)12(15)17)7-8-19-11-4-2-3-10(14)9-11/h2-4,9H,5-8H2,1H3. The predicted molar refractivity (Wildman–Crippen MR) is 73.9 cm³/mol. The van der Waals surface area contributed by atoms with Gasteiger partial charge in [0.05, 0.1) is 6.54 Å². The van der Waals surface area contributed by atoms with Crippen LogP contribution in [0.15, 0.2) is 28.7 Å². The van der Waals surface area contributed by atoms with Crippen molar-refractivity contribution in [1.29, 1.82) is 0 Å². The highest BCUT2D eigenvalue weighted by molar-refractivity contribution is 9.10. The lowest BCUT2D eigenvalue weighted by Crippen LogP contribution is -2.53. The van der Waals surface area contributed by atoms with Gasteiger partial charge in [-0.25, -0.2) is 0 Å². The number of nitrogens with zero attached hydrogens (tertiary/aromatic N) is 2. The first-order valence-corrected chi connectivity index (χ1v) is 6.80. The summed E-state index contributed by atoms with van der Waals surface area (Å²) in [5.41, 5.74) is 0. The van der Waals surface area contributed by atoms with Gasteiger partial charge >= 0.3 is 11.8 Å². The van der Waals surface area contributed by atoms with Gasteiger partial charge < -0.3 is 14.5 Å². The zero-order valence-corrected chi connectivity index (χ0v) is 12.2. The van der Waals surface area contributed by atoms with Crippen LogP contribution in [-0.2, 0) is 9.59 Å². The number of carbonyl (C=O) groups is 2. The van der Waals surface area contributed by atoms with Crippen LogP contribution in [0.2, 0.25) is 0 Å². The maximum atomic E-state index is 11.7. The molecule has 0 saturated carbocycles. The van der Waals surface area contributed by atoms with E-state index in [1.807, 2.05) is 24.3 Å².